The Morgan fingerprint density at radius 1 is 0.881 bits per heavy atom. The fraction of sp³-hybridized carbons (Fsp3) is 0.212. The van der Waals surface area contributed by atoms with Crippen LogP contribution in [0.3, 0.4) is 0 Å². The van der Waals surface area contributed by atoms with Crippen LogP contribution < -0.4 is 0 Å². The molecule has 2 atom stereocenters. The van der Waals surface area contributed by atoms with E-state index in [0.29, 0.717) is 30.8 Å². The molecule has 1 aliphatic carbocycles. The summed E-state index contributed by atoms with van der Waals surface area (Å²) >= 11 is 0. The van der Waals surface area contributed by atoms with Gasteiger partial charge in [-0.2, -0.15) is 0 Å². The van der Waals surface area contributed by atoms with Crippen molar-refractivity contribution in [2.24, 2.45) is 4.99 Å². The molecule has 0 spiro atoms. The summed E-state index contributed by atoms with van der Waals surface area (Å²) in [6.45, 7) is 2.41. The van der Waals surface area contributed by atoms with Crippen molar-refractivity contribution in [2.45, 2.75) is 32.0 Å². The van der Waals surface area contributed by atoms with Crippen LogP contribution in [-0.2, 0) is 13.0 Å². The first kappa shape index (κ1) is 29.0. The molecule has 9 heteroatoms. The van der Waals surface area contributed by atoms with Gasteiger partial charge in [-0.05, 0) is 65.6 Å². The minimum absolute atomic E-state index is 0.165. The zero-order valence-electron chi connectivity index (χ0n) is 23.3. The summed E-state index contributed by atoms with van der Waals surface area (Å²) in [5.74, 6) is -3.04. The maximum absolute atomic E-state index is 14.2. The molecule has 1 N–H and O–H groups in total. The number of hydrogen-bond donors (Lipinski definition) is 1. The number of halogens is 4. The van der Waals surface area contributed by atoms with Gasteiger partial charge in [0.15, 0.2) is 0 Å². The van der Waals surface area contributed by atoms with Crippen molar-refractivity contribution in [3.05, 3.63) is 124 Å². The monoisotopic (exact) mass is 575 g/mol. The molecule has 0 unspecified atom stereocenters. The van der Waals surface area contributed by atoms with Gasteiger partial charge in [0.1, 0.15) is 29.1 Å². The van der Waals surface area contributed by atoms with Crippen LogP contribution in [0.25, 0.3) is 11.1 Å². The summed E-state index contributed by atoms with van der Waals surface area (Å²) in [6.07, 6.45) is -0.468. The number of likely N-dealkylation sites (N-methyl/N-ethyl adjacent to an activating group) is 1. The molecule has 0 bridgehead atoms. The third-order valence-electron chi connectivity index (χ3n) is 7.58. The lowest BCUT2D eigenvalue weighted by molar-refractivity contribution is 0.0497. The van der Waals surface area contributed by atoms with E-state index >= 15 is 0 Å². The zero-order chi connectivity index (χ0) is 30.1. The maximum atomic E-state index is 14.2. The Bertz CT molecular complexity index is 1630. The van der Waals surface area contributed by atoms with E-state index in [-0.39, 0.29) is 28.4 Å². The number of aliphatic hydroxyl groups excluding tert-OH is 1. The van der Waals surface area contributed by atoms with Crippen LogP contribution in [-0.4, -0.2) is 46.8 Å². The van der Waals surface area contributed by atoms with Crippen LogP contribution in [0.1, 0.15) is 40.0 Å². The van der Waals surface area contributed by atoms with Gasteiger partial charge < -0.3 is 14.9 Å². The molecule has 0 radical (unpaired) electrons. The first-order valence-corrected chi connectivity index (χ1v) is 13.4. The number of rotatable bonds is 6. The molecule has 4 aromatic rings. The van der Waals surface area contributed by atoms with Crippen molar-refractivity contribution in [2.75, 3.05) is 14.1 Å². The highest BCUT2D eigenvalue weighted by atomic mass is 19.1. The Morgan fingerprint density at radius 2 is 1.52 bits per heavy atom. The van der Waals surface area contributed by atoms with E-state index < -0.39 is 29.6 Å². The average Bonchev–Trinajstić information content (AvgIpc) is 3.28. The van der Waals surface area contributed by atoms with Crippen LogP contribution in [0, 0.1) is 23.3 Å². The van der Waals surface area contributed by atoms with E-state index in [9.17, 15) is 27.5 Å². The van der Waals surface area contributed by atoms with Crippen LogP contribution in [0.2, 0.25) is 0 Å². The van der Waals surface area contributed by atoms with Gasteiger partial charge in [0.25, 0.3) is 5.91 Å². The molecule has 0 heterocycles. The number of hydrogen-bond acceptors (Lipinski definition) is 3. The highest BCUT2D eigenvalue weighted by Crippen LogP contribution is 2.38. The van der Waals surface area contributed by atoms with Crippen LogP contribution >= 0.6 is 0 Å². The molecular weight excluding hydrogens is 546 g/mol. The molecule has 216 valence electrons. The molecule has 1 aliphatic rings. The van der Waals surface area contributed by atoms with Gasteiger partial charge in [-0.1, -0.05) is 30.3 Å². The number of amides is 1. The standard InChI is InChI=1S/C33H29F4N3O2/c1-19(39(2)18-20-4-11-24(34)12-5-20)38-26-13-10-23-14-30(41)32(27(23)17-26)40(3)33(42)22-8-6-21(7-9-22)31-28(36)15-25(35)16-29(31)37/h4-13,15-17,30,32,41H,14,18H2,1-3H3/t30-,32-/m1/s1. The third kappa shape index (κ3) is 5.92. The van der Waals surface area contributed by atoms with E-state index in [1.807, 2.05) is 37.1 Å². The molecule has 5 nitrogen and oxygen atoms in total. The second-order valence-corrected chi connectivity index (χ2v) is 10.5. The molecule has 0 fully saturated rings. The van der Waals surface area contributed by atoms with Crippen molar-refractivity contribution in [1.82, 2.24) is 9.80 Å². The number of nitrogens with zero attached hydrogens (tertiary/aromatic N) is 3. The number of carbonyl (C=O) groups is 1. The predicted octanol–water partition coefficient (Wildman–Crippen LogP) is 6.82. The quantitative estimate of drug-likeness (QED) is 0.156. The number of benzene rings is 4. The smallest absolute Gasteiger partial charge is 0.254 e. The highest BCUT2D eigenvalue weighted by molar-refractivity contribution is 5.95. The molecule has 0 saturated heterocycles. The summed E-state index contributed by atoms with van der Waals surface area (Å²) in [5, 5.41) is 10.9. The zero-order valence-corrected chi connectivity index (χ0v) is 23.3. The van der Waals surface area contributed by atoms with E-state index in [2.05, 4.69) is 0 Å². The molecule has 0 aromatic heterocycles. The highest BCUT2D eigenvalue weighted by Gasteiger charge is 2.36. The first-order valence-electron chi connectivity index (χ1n) is 13.4. The van der Waals surface area contributed by atoms with Crippen molar-refractivity contribution in [1.29, 1.82) is 0 Å². The number of fused-ring (bicyclic) bond motifs is 1. The first-order chi connectivity index (χ1) is 20.0. The van der Waals surface area contributed by atoms with Gasteiger partial charge in [-0.15, -0.1) is 0 Å². The Balaban J connectivity index is 1.35. The summed E-state index contributed by atoms with van der Waals surface area (Å²) in [4.78, 5) is 21.5. The van der Waals surface area contributed by atoms with Gasteiger partial charge in [-0.25, -0.2) is 22.6 Å². The molecular formula is C33H29F4N3O2. The third-order valence-corrected chi connectivity index (χ3v) is 7.58. The summed E-state index contributed by atoms with van der Waals surface area (Å²) in [6, 6.07) is 18.2. The predicted molar refractivity (Wildman–Crippen MR) is 153 cm³/mol. The minimum Gasteiger partial charge on any atom is -0.390 e. The normalized spacial score (nSPS) is 16.3. The minimum atomic E-state index is -1.04. The Labute approximate surface area is 241 Å². The lowest BCUT2D eigenvalue weighted by atomic mass is 10.0. The van der Waals surface area contributed by atoms with Gasteiger partial charge in [0.05, 0.1) is 23.4 Å². The molecule has 1 amide bonds. The largest absolute Gasteiger partial charge is 0.390 e. The molecule has 5 rings (SSSR count). The van der Waals surface area contributed by atoms with Crippen molar-refractivity contribution >= 4 is 17.4 Å². The van der Waals surface area contributed by atoms with Gasteiger partial charge in [0, 0.05) is 44.8 Å². The molecule has 0 saturated carbocycles. The molecule has 4 aromatic carbocycles. The summed E-state index contributed by atoms with van der Waals surface area (Å²) in [5.41, 5.74) is 3.32. The second kappa shape index (κ2) is 11.8. The Hall–Kier alpha value is -4.50. The van der Waals surface area contributed by atoms with Crippen molar-refractivity contribution < 1.29 is 27.5 Å². The van der Waals surface area contributed by atoms with Crippen LogP contribution in [0.5, 0.6) is 0 Å². The Morgan fingerprint density at radius 3 is 2.17 bits per heavy atom. The van der Waals surface area contributed by atoms with Gasteiger partial charge in [-0.3, -0.25) is 4.79 Å². The van der Waals surface area contributed by atoms with E-state index in [1.54, 1.807) is 19.2 Å². The molecule has 0 aliphatic heterocycles. The average molecular weight is 576 g/mol. The lowest BCUT2D eigenvalue weighted by Gasteiger charge is -2.28. The number of aliphatic imine (C=N–C) groups is 1. The van der Waals surface area contributed by atoms with E-state index in [4.69, 9.17) is 4.99 Å². The number of aliphatic hydroxyl groups is 1. The number of amidine groups is 1. The van der Waals surface area contributed by atoms with E-state index in [1.165, 1.54) is 41.3 Å². The van der Waals surface area contributed by atoms with E-state index in [0.717, 1.165) is 22.5 Å². The summed E-state index contributed by atoms with van der Waals surface area (Å²) < 4.78 is 55.0. The fourth-order valence-electron chi connectivity index (χ4n) is 5.30. The Kier molecular flexibility index (Phi) is 8.13. The summed E-state index contributed by atoms with van der Waals surface area (Å²) in [7, 11) is 3.48. The maximum Gasteiger partial charge on any atom is 0.254 e. The second-order valence-electron chi connectivity index (χ2n) is 10.5. The molecule has 42 heavy (non-hydrogen) atoms. The van der Waals surface area contributed by atoms with Crippen LogP contribution in [0.4, 0.5) is 23.2 Å². The van der Waals surface area contributed by atoms with Crippen LogP contribution in [0.15, 0.2) is 83.9 Å². The lowest BCUT2D eigenvalue weighted by Crippen LogP contribution is -2.36. The van der Waals surface area contributed by atoms with Gasteiger partial charge in [0.2, 0.25) is 0 Å². The SMILES string of the molecule is CC(=Nc1ccc2c(c1)[C@@H](N(C)C(=O)c1ccc(-c3c(F)cc(F)cc3F)cc1)[C@H](O)C2)N(C)Cc1ccc(F)cc1. The fourth-order valence-corrected chi connectivity index (χ4v) is 5.30. The van der Waals surface area contributed by atoms with Crippen molar-refractivity contribution in [3.63, 3.8) is 0 Å². The topological polar surface area (TPSA) is 56.1 Å². The number of carbonyl (C=O) groups excluding carboxylic acids is 1. The van der Waals surface area contributed by atoms with Crippen molar-refractivity contribution in [3.8, 4) is 11.1 Å². The van der Waals surface area contributed by atoms with Gasteiger partial charge >= 0.3 is 0 Å².